The average Bonchev–Trinajstić information content (AvgIpc) is 2.88. The smallest absolute Gasteiger partial charge is 0.262 e. The van der Waals surface area contributed by atoms with Gasteiger partial charge in [-0.1, -0.05) is 6.07 Å². The van der Waals surface area contributed by atoms with Crippen molar-refractivity contribution >= 4 is 5.91 Å². The largest absolute Gasteiger partial charge is 0.341 e. The van der Waals surface area contributed by atoms with Gasteiger partial charge in [-0.05, 0) is 36.8 Å². The number of carbonyl (C=O) groups excluding carboxylic acids is 1. The molecule has 1 aromatic heterocycles. The maximum atomic E-state index is 13.2. The molecule has 0 spiro atoms. The van der Waals surface area contributed by atoms with Crippen molar-refractivity contribution in [3.63, 3.8) is 0 Å². The number of nitrogens with zero attached hydrogens (tertiary/aromatic N) is 2. The number of hydrogen-bond donors (Lipinski definition) is 1. The molecule has 6 heteroatoms. The van der Waals surface area contributed by atoms with Crippen LogP contribution in [0.3, 0.4) is 0 Å². The number of hydrogen-bond acceptors (Lipinski definition) is 3. The summed E-state index contributed by atoms with van der Waals surface area (Å²) in [5, 5.41) is 2.65. The first-order valence-corrected chi connectivity index (χ1v) is 7.82. The Balaban J connectivity index is 1.48. The highest BCUT2D eigenvalue weighted by molar-refractivity contribution is 5.82. The third kappa shape index (κ3) is 3.61. The molecule has 1 aromatic rings. The number of amides is 1. The van der Waals surface area contributed by atoms with Crippen molar-refractivity contribution in [1.29, 1.82) is 0 Å². The summed E-state index contributed by atoms with van der Waals surface area (Å²) in [4.78, 5) is 18.1. The minimum absolute atomic E-state index is 0.169. The molecular formula is C16H21F2N3O. The number of alkyl halides is 2. The van der Waals surface area contributed by atoms with E-state index in [1.54, 1.807) is 11.1 Å². The second kappa shape index (κ2) is 6.28. The highest BCUT2D eigenvalue weighted by Crippen LogP contribution is 2.28. The van der Waals surface area contributed by atoms with E-state index in [0.29, 0.717) is 19.0 Å². The van der Waals surface area contributed by atoms with Crippen molar-refractivity contribution in [1.82, 2.24) is 15.2 Å². The Kier molecular flexibility index (Phi) is 4.38. The van der Waals surface area contributed by atoms with Crippen LogP contribution in [-0.2, 0) is 11.2 Å². The van der Waals surface area contributed by atoms with Gasteiger partial charge in [0.2, 0.25) is 5.91 Å². The van der Waals surface area contributed by atoms with Gasteiger partial charge >= 0.3 is 0 Å². The standard InChI is InChI=1S/C16H21F2N3O/c17-16(18)9-14(20-11-16)15(22)21-6-3-12(4-7-21)8-13-2-1-5-19-10-13/h1-2,5,10,12,14,20H,3-4,6-9,11H2. The number of nitrogens with one attached hydrogen (secondary N) is 1. The van der Waals surface area contributed by atoms with E-state index in [4.69, 9.17) is 0 Å². The lowest BCUT2D eigenvalue weighted by atomic mass is 9.90. The Bertz CT molecular complexity index is 515. The van der Waals surface area contributed by atoms with Crippen molar-refractivity contribution < 1.29 is 13.6 Å². The van der Waals surface area contributed by atoms with Crippen molar-refractivity contribution in [3.05, 3.63) is 30.1 Å². The third-order valence-corrected chi connectivity index (χ3v) is 4.58. The average molecular weight is 309 g/mol. The lowest BCUT2D eigenvalue weighted by Gasteiger charge is -2.33. The van der Waals surface area contributed by atoms with Crippen LogP contribution >= 0.6 is 0 Å². The summed E-state index contributed by atoms with van der Waals surface area (Å²) in [5.74, 6) is -2.39. The molecule has 2 fully saturated rings. The maximum absolute atomic E-state index is 13.2. The minimum Gasteiger partial charge on any atom is -0.341 e. The minimum atomic E-state index is -2.75. The molecule has 0 aliphatic carbocycles. The molecule has 3 heterocycles. The van der Waals surface area contributed by atoms with E-state index in [9.17, 15) is 13.6 Å². The summed E-state index contributed by atoms with van der Waals surface area (Å²) in [6.07, 6.45) is 6.07. The summed E-state index contributed by atoms with van der Waals surface area (Å²) >= 11 is 0. The first kappa shape index (κ1) is 15.3. The Morgan fingerprint density at radius 3 is 2.77 bits per heavy atom. The quantitative estimate of drug-likeness (QED) is 0.927. The van der Waals surface area contributed by atoms with Crippen molar-refractivity contribution in [3.8, 4) is 0 Å². The van der Waals surface area contributed by atoms with Crippen LogP contribution in [0, 0.1) is 5.92 Å². The van der Waals surface area contributed by atoms with Crippen molar-refractivity contribution in [2.45, 2.75) is 37.6 Å². The second-order valence-electron chi connectivity index (χ2n) is 6.33. The van der Waals surface area contributed by atoms with Gasteiger partial charge in [-0.15, -0.1) is 0 Å². The predicted octanol–water partition coefficient (Wildman–Crippen LogP) is 1.86. The Morgan fingerprint density at radius 1 is 1.41 bits per heavy atom. The summed E-state index contributed by atoms with van der Waals surface area (Å²) < 4.78 is 26.4. The number of likely N-dealkylation sites (tertiary alicyclic amines) is 1. The predicted molar refractivity (Wildman–Crippen MR) is 78.6 cm³/mol. The molecule has 22 heavy (non-hydrogen) atoms. The first-order chi connectivity index (χ1) is 10.5. The molecule has 2 saturated heterocycles. The fourth-order valence-electron chi connectivity index (χ4n) is 3.32. The van der Waals surface area contributed by atoms with Gasteiger partial charge in [0.05, 0.1) is 12.6 Å². The Labute approximate surface area is 128 Å². The molecule has 0 bridgehead atoms. The first-order valence-electron chi connectivity index (χ1n) is 7.82. The van der Waals surface area contributed by atoms with Gasteiger partial charge < -0.3 is 4.90 Å². The van der Waals surface area contributed by atoms with Crippen LogP contribution in [-0.4, -0.2) is 47.4 Å². The topological polar surface area (TPSA) is 45.2 Å². The number of aromatic nitrogens is 1. The molecule has 2 aliphatic heterocycles. The molecular weight excluding hydrogens is 288 g/mol. The molecule has 0 saturated carbocycles. The molecule has 0 radical (unpaired) electrons. The number of pyridine rings is 1. The van der Waals surface area contributed by atoms with Crippen LogP contribution in [0.15, 0.2) is 24.5 Å². The zero-order chi connectivity index (χ0) is 15.6. The van der Waals surface area contributed by atoms with Crippen molar-refractivity contribution in [2.75, 3.05) is 19.6 Å². The Hall–Kier alpha value is -1.56. The number of carbonyl (C=O) groups is 1. The van der Waals surface area contributed by atoms with Gasteiger partial charge in [-0.2, -0.15) is 0 Å². The van der Waals surface area contributed by atoms with Gasteiger partial charge in [0.1, 0.15) is 0 Å². The van der Waals surface area contributed by atoms with Gasteiger partial charge in [0.15, 0.2) is 0 Å². The normalized spacial score (nSPS) is 25.4. The number of halogens is 2. The summed E-state index contributed by atoms with van der Waals surface area (Å²) in [5.41, 5.74) is 1.21. The molecule has 1 N–H and O–H groups in total. The molecule has 1 unspecified atom stereocenters. The fraction of sp³-hybridized carbons (Fsp3) is 0.625. The van der Waals surface area contributed by atoms with E-state index in [2.05, 4.69) is 16.4 Å². The molecule has 4 nitrogen and oxygen atoms in total. The zero-order valence-electron chi connectivity index (χ0n) is 12.5. The van der Waals surface area contributed by atoms with E-state index in [0.717, 1.165) is 19.3 Å². The number of rotatable bonds is 3. The lowest BCUT2D eigenvalue weighted by Crippen LogP contribution is -2.47. The van der Waals surface area contributed by atoms with Gasteiger partial charge in [0.25, 0.3) is 5.92 Å². The molecule has 1 atom stereocenters. The Morgan fingerprint density at radius 2 is 2.18 bits per heavy atom. The molecule has 3 rings (SSSR count). The van der Waals surface area contributed by atoms with E-state index in [1.165, 1.54) is 5.56 Å². The zero-order valence-corrected chi connectivity index (χ0v) is 12.5. The highest BCUT2D eigenvalue weighted by Gasteiger charge is 2.43. The third-order valence-electron chi connectivity index (χ3n) is 4.58. The van der Waals surface area contributed by atoms with E-state index in [-0.39, 0.29) is 18.9 Å². The molecule has 0 aromatic carbocycles. The summed E-state index contributed by atoms with van der Waals surface area (Å²) in [6.45, 7) is 0.932. The highest BCUT2D eigenvalue weighted by atomic mass is 19.3. The molecule has 2 aliphatic rings. The monoisotopic (exact) mass is 309 g/mol. The van der Waals surface area contributed by atoms with Gasteiger partial charge in [0, 0.05) is 31.9 Å². The SMILES string of the molecule is O=C(C1CC(F)(F)CN1)N1CCC(Cc2cccnc2)CC1. The molecule has 1 amide bonds. The van der Waals surface area contributed by atoms with Crippen LogP contribution in [0.4, 0.5) is 8.78 Å². The summed E-state index contributed by atoms with van der Waals surface area (Å²) in [6, 6.07) is 3.28. The maximum Gasteiger partial charge on any atom is 0.262 e. The van der Waals surface area contributed by atoms with Crippen LogP contribution in [0.5, 0.6) is 0 Å². The van der Waals surface area contributed by atoms with Gasteiger partial charge in [-0.25, -0.2) is 8.78 Å². The fourth-order valence-corrected chi connectivity index (χ4v) is 3.32. The van der Waals surface area contributed by atoms with Crippen LogP contribution in [0.1, 0.15) is 24.8 Å². The summed E-state index contributed by atoms with van der Waals surface area (Å²) in [7, 11) is 0. The van der Waals surface area contributed by atoms with Crippen LogP contribution < -0.4 is 5.32 Å². The number of piperidine rings is 1. The van der Waals surface area contributed by atoms with E-state index < -0.39 is 12.0 Å². The lowest BCUT2D eigenvalue weighted by molar-refractivity contribution is -0.135. The van der Waals surface area contributed by atoms with Crippen LogP contribution in [0.25, 0.3) is 0 Å². The van der Waals surface area contributed by atoms with Crippen LogP contribution in [0.2, 0.25) is 0 Å². The van der Waals surface area contributed by atoms with E-state index in [1.807, 2.05) is 12.3 Å². The van der Waals surface area contributed by atoms with Gasteiger partial charge in [-0.3, -0.25) is 15.1 Å². The second-order valence-corrected chi connectivity index (χ2v) is 6.33. The molecule has 120 valence electrons. The van der Waals surface area contributed by atoms with E-state index >= 15 is 0 Å². The van der Waals surface area contributed by atoms with Crippen molar-refractivity contribution in [2.24, 2.45) is 5.92 Å².